The topological polar surface area (TPSA) is 58.6 Å². The van der Waals surface area contributed by atoms with Crippen LogP contribution < -0.4 is 5.32 Å². The first-order chi connectivity index (χ1) is 10.5. The predicted octanol–water partition coefficient (Wildman–Crippen LogP) is 2.98. The zero-order valence-electron chi connectivity index (χ0n) is 13.4. The van der Waals surface area contributed by atoms with Crippen LogP contribution in [0.15, 0.2) is 11.4 Å². The van der Waals surface area contributed by atoms with Gasteiger partial charge in [0.1, 0.15) is 4.88 Å². The average Bonchev–Trinajstić information content (AvgIpc) is 3.22. The number of rotatable bonds is 8. The highest BCUT2D eigenvalue weighted by molar-refractivity contribution is 7.12. The second kappa shape index (κ2) is 7.74. The number of hydrogen-bond donors (Lipinski definition) is 1. The molecule has 1 amide bonds. The molecule has 1 aromatic rings. The Morgan fingerprint density at radius 1 is 1.45 bits per heavy atom. The fourth-order valence-corrected chi connectivity index (χ4v) is 3.05. The van der Waals surface area contributed by atoms with E-state index in [1.165, 1.54) is 31.3 Å². The van der Waals surface area contributed by atoms with E-state index in [0.29, 0.717) is 29.1 Å². The summed E-state index contributed by atoms with van der Waals surface area (Å²) >= 11 is 1.27. The van der Waals surface area contributed by atoms with Gasteiger partial charge < -0.3 is 10.1 Å². The van der Waals surface area contributed by atoms with E-state index in [0.717, 1.165) is 13.0 Å². The molecule has 0 aromatic carbocycles. The third-order valence-corrected chi connectivity index (χ3v) is 4.61. The number of nitrogens with one attached hydrogen (secondary N) is 1. The molecule has 0 saturated heterocycles. The van der Waals surface area contributed by atoms with Crippen molar-refractivity contribution in [1.29, 1.82) is 0 Å². The first kappa shape index (κ1) is 17.0. The minimum atomic E-state index is -0.413. The van der Waals surface area contributed by atoms with Crippen molar-refractivity contribution in [3.63, 3.8) is 0 Å². The van der Waals surface area contributed by atoms with Gasteiger partial charge in [0.25, 0.3) is 0 Å². The van der Waals surface area contributed by atoms with Gasteiger partial charge in [-0.1, -0.05) is 13.8 Å². The molecule has 22 heavy (non-hydrogen) atoms. The molecule has 0 unspecified atom stereocenters. The van der Waals surface area contributed by atoms with Gasteiger partial charge in [-0.05, 0) is 43.2 Å². The van der Waals surface area contributed by atoms with Crippen molar-refractivity contribution in [1.82, 2.24) is 4.90 Å². The zero-order valence-corrected chi connectivity index (χ0v) is 14.2. The van der Waals surface area contributed by atoms with E-state index in [1.54, 1.807) is 11.4 Å². The lowest BCUT2D eigenvalue weighted by molar-refractivity contribution is -0.117. The smallest absolute Gasteiger partial charge is 0.350 e. The summed E-state index contributed by atoms with van der Waals surface area (Å²) in [6, 6.07) is 2.29. The van der Waals surface area contributed by atoms with Gasteiger partial charge in [0.05, 0.1) is 19.3 Å². The van der Waals surface area contributed by atoms with Gasteiger partial charge in [-0.2, -0.15) is 0 Å². The van der Waals surface area contributed by atoms with Crippen LogP contribution in [0.4, 0.5) is 5.69 Å². The predicted molar refractivity (Wildman–Crippen MR) is 88.3 cm³/mol. The van der Waals surface area contributed by atoms with Crippen molar-refractivity contribution in [3.8, 4) is 0 Å². The van der Waals surface area contributed by atoms with Crippen LogP contribution in [0.25, 0.3) is 0 Å². The molecule has 1 aromatic heterocycles. The summed E-state index contributed by atoms with van der Waals surface area (Å²) in [5, 5.41) is 4.61. The molecule has 6 heteroatoms. The zero-order chi connectivity index (χ0) is 16.1. The monoisotopic (exact) mass is 324 g/mol. The highest BCUT2D eigenvalue weighted by Gasteiger charge is 2.30. The maximum atomic E-state index is 12.3. The lowest BCUT2D eigenvalue weighted by Crippen LogP contribution is -2.36. The third kappa shape index (κ3) is 4.81. The number of thiophene rings is 1. The molecule has 0 radical (unpaired) electrons. The maximum absolute atomic E-state index is 12.3. The Hall–Kier alpha value is -1.40. The fourth-order valence-electron chi connectivity index (χ4n) is 2.29. The minimum Gasteiger partial charge on any atom is -0.465 e. The van der Waals surface area contributed by atoms with Gasteiger partial charge in [-0.3, -0.25) is 9.69 Å². The van der Waals surface area contributed by atoms with Crippen molar-refractivity contribution in [3.05, 3.63) is 16.3 Å². The molecular formula is C16H24N2O3S. The van der Waals surface area contributed by atoms with Crippen molar-refractivity contribution in [2.45, 2.75) is 39.2 Å². The normalized spacial score (nSPS) is 14.4. The molecule has 0 bridgehead atoms. The highest BCUT2D eigenvalue weighted by atomic mass is 32.1. The first-order valence-electron chi connectivity index (χ1n) is 7.71. The lowest BCUT2D eigenvalue weighted by atomic mass is 10.1. The molecule has 1 N–H and O–H groups in total. The number of methoxy groups -OCH3 is 1. The molecule has 0 aliphatic heterocycles. The standard InChI is InChI=1S/C16H24N2O3S/c1-11(2)6-8-18(12-4-5-12)10-14(19)17-13-7-9-22-15(13)16(20)21-3/h7,9,11-12H,4-6,8,10H2,1-3H3,(H,17,19). The van der Waals surface area contributed by atoms with Gasteiger partial charge in [-0.15, -0.1) is 11.3 Å². The van der Waals surface area contributed by atoms with E-state index in [2.05, 4.69) is 24.1 Å². The quantitative estimate of drug-likeness (QED) is 0.747. The summed E-state index contributed by atoms with van der Waals surface area (Å²) < 4.78 is 4.72. The van der Waals surface area contributed by atoms with Crippen LogP contribution in [0.5, 0.6) is 0 Å². The third-order valence-electron chi connectivity index (χ3n) is 3.71. The van der Waals surface area contributed by atoms with Crippen LogP contribution in [0, 0.1) is 5.92 Å². The first-order valence-corrected chi connectivity index (χ1v) is 8.59. The summed E-state index contributed by atoms with van der Waals surface area (Å²) in [6.45, 7) is 5.72. The molecule has 5 nitrogen and oxygen atoms in total. The molecule has 0 spiro atoms. The largest absolute Gasteiger partial charge is 0.465 e. The molecule has 2 rings (SSSR count). The summed E-state index contributed by atoms with van der Waals surface area (Å²) in [5.41, 5.74) is 0.543. The maximum Gasteiger partial charge on any atom is 0.350 e. The van der Waals surface area contributed by atoms with Crippen molar-refractivity contribution >= 4 is 28.9 Å². The molecule has 1 heterocycles. The number of carbonyl (C=O) groups excluding carboxylic acids is 2. The SMILES string of the molecule is COC(=O)c1sccc1NC(=O)CN(CCC(C)C)C1CC1. The van der Waals surface area contributed by atoms with Crippen LogP contribution in [0.3, 0.4) is 0 Å². The summed E-state index contributed by atoms with van der Waals surface area (Å²) in [6.07, 6.45) is 3.45. The van der Waals surface area contributed by atoms with E-state index in [4.69, 9.17) is 4.74 Å². The van der Waals surface area contributed by atoms with E-state index in [-0.39, 0.29) is 5.91 Å². The Bertz CT molecular complexity index is 523. The van der Waals surface area contributed by atoms with Crippen molar-refractivity contribution in [2.75, 3.05) is 25.5 Å². The second-order valence-corrected chi connectivity index (χ2v) is 7.00. The van der Waals surface area contributed by atoms with Crippen LogP contribution in [0.1, 0.15) is 42.8 Å². The van der Waals surface area contributed by atoms with Crippen LogP contribution in [-0.2, 0) is 9.53 Å². The van der Waals surface area contributed by atoms with Gasteiger partial charge >= 0.3 is 5.97 Å². The Balaban J connectivity index is 1.91. The Kier molecular flexibility index (Phi) is 5.97. The average molecular weight is 324 g/mol. The van der Waals surface area contributed by atoms with Crippen LogP contribution >= 0.6 is 11.3 Å². The summed E-state index contributed by atoms with van der Waals surface area (Å²) in [4.78, 5) is 26.6. The van der Waals surface area contributed by atoms with Crippen molar-refractivity contribution in [2.24, 2.45) is 5.92 Å². The van der Waals surface area contributed by atoms with Crippen LogP contribution in [-0.4, -0.2) is 43.0 Å². The van der Waals surface area contributed by atoms with Crippen LogP contribution in [0.2, 0.25) is 0 Å². The van der Waals surface area contributed by atoms with Gasteiger partial charge in [0, 0.05) is 6.04 Å². The molecule has 1 aliphatic carbocycles. The van der Waals surface area contributed by atoms with Gasteiger partial charge in [0.2, 0.25) is 5.91 Å². The van der Waals surface area contributed by atoms with Crippen molar-refractivity contribution < 1.29 is 14.3 Å². The fraction of sp³-hybridized carbons (Fsp3) is 0.625. The molecular weight excluding hydrogens is 300 g/mol. The molecule has 0 atom stereocenters. The van der Waals surface area contributed by atoms with E-state index in [1.807, 2.05) is 0 Å². The summed E-state index contributed by atoms with van der Waals surface area (Å²) in [5.74, 6) is 0.149. The Labute approximate surface area is 135 Å². The second-order valence-electron chi connectivity index (χ2n) is 6.09. The summed E-state index contributed by atoms with van der Waals surface area (Å²) in [7, 11) is 1.34. The molecule has 1 aliphatic rings. The number of ether oxygens (including phenoxy) is 1. The van der Waals surface area contributed by atoms with Gasteiger partial charge in [0.15, 0.2) is 0 Å². The number of esters is 1. The minimum absolute atomic E-state index is 0.0702. The number of carbonyl (C=O) groups is 2. The number of nitrogens with zero attached hydrogens (tertiary/aromatic N) is 1. The number of hydrogen-bond acceptors (Lipinski definition) is 5. The highest BCUT2D eigenvalue weighted by Crippen LogP contribution is 2.28. The number of amides is 1. The Morgan fingerprint density at radius 3 is 2.77 bits per heavy atom. The molecule has 1 fully saturated rings. The van der Waals surface area contributed by atoms with E-state index < -0.39 is 5.97 Å². The number of anilines is 1. The molecule has 1 saturated carbocycles. The van der Waals surface area contributed by atoms with Gasteiger partial charge in [-0.25, -0.2) is 4.79 Å². The Morgan fingerprint density at radius 2 is 2.18 bits per heavy atom. The van der Waals surface area contributed by atoms with E-state index >= 15 is 0 Å². The van der Waals surface area contributed by atoms with E-state index in [9.17, 15) is 9.59 Å². The lowest BCUT2D eigenvalue weighted by Gasteiger charge is -2.22. The molecule has 122 valence electrons.